The first-order chi connectivity index (χ1) is 12.1. The minimum absolute atomic E-state index is 0.128. The van der Waals surface area contributed by atoms with E-state index in [1.807, 2.05) is 0 Å². The summed E-state index contributed by atoms with van der Waals surface area (Å²) in [6.45, 7) is 2.16. The molecule has 8 nitrogen and oxygen atoms in total. The summed E-state index contributed by atoms with van der Waals surface area (Å²) in [6, 6.07) is 4.72. The molecule has 0 radical (unpaired) electrons. The van der Waals surface area contributed by atoms with Crippen LogP contribution in [-0.2, 0) is 0 Å². The highest BCUT2D eigenvalue weighted by atomic mass is 35.5. The van der Waals surface area contributed by atoms with Gasteiger partial charge in [-0.3, -0.25) is 9.59 Å². The number of oxazole rings is 1. The van der Waals surface area contributed by atoms with Crippen molar-refractivity contribution in [2.24, 2.45) is 5.10 Å². The Morgan fingerprint density at radius 1 is 1.48 bits per heavy atom. The Morgan fingerprint density at radius 2 is 2.32 bits per heavy atom. The monoisotopic (exact) mass is 361 g/mol. The number of hydrazone groups is 1. The molecule has 0 bridgehead atoms. The van der Waals surface area contributed by atoms with Crippen LogP contribution in [-0.4, -0.2) is 23.7 Å². The smallest absolute Gasteiger partial charge is 0.327 e. The van der Waals surface area contributed by atoms with Crippen molar-refractivity contribution < 1.29 is 18.4 Å². The Balaban J connectivity index is 1.75. The first-order valence-corrected chi connectivity index (χ1v) is 7.59. The van der Waals surface area contributed by atoms with E-state index in [0.29, 0.717) is 22.6 Å². The Bertz CT molecular complexity index is 1010. The summed E-state index contributed by atoms with van der Waals surface area (Å²) in [5.74, 6) is -0.767. The predicted molar refractivity (Wildman–Crippen MR) is 90.2 cm³/mol. The zero-order chi connectivity index (χ0) is 17.8. The first-order valence-electron chi connectivity index (χ1n) is 7.21. The lowest BCUT2D eigenvalue weighted by molar-refractivity contribution is 0.0912. The van der Waals surface area contributed by atoms with Crippen LogP contribution < -0.4 is 15.6 Å². The Hall–Kier alpha value is -3.13. The lowest BCUT2D eigenvalue weighted by atomic mass is 10.2. The van der Waals surface area contributed by atoms with E-state index in [-0.39, 0.29) is 22.8 Å². The van der Waals surface area contributed by atoms with E-state index in [1.165, 1.54) is 18.5 Å². The van der Waals surface area contributed by atoms with Gasteiger partial charge in [0.15, 0.2) is 0 Å². The van der Waals surface area contributed by atoms with Crippen molar-refractivity contribution in [2.45, 2.75) is 6.92 Å². The molecule has 3 rings (SSSR count). The van der Waals surface area contributed by atoms with Crippen LogP contribution in [0.2, 0.25) is 5.02 Å². The highest BCUT2D eigenvalue weighted by molar-refractivity contribution is 6.31. The summed E-state index contributed by atoms with van der Waals surface area (Å²) < 4.78 is 15.5. The number of aromatic nitrogens is 1. The quantitative estimate of drug-likeness (QED) is 0.553. The minimum Gasteiger partial charge on any atom is -0.464 e. The molecule has 2 heterocycles. The van der Waals surface area contributed by atoms with Gasteiger partial charge in [0.2, 0.25) is 5.43 Å². The third-order valence-corrected chi connectivity index (χ3v) is 3.33. The van der Waals surface area contributed by atoms with Crippen LogP contribution in [0.15, 0.2) is 49.4 Å². The van der Waals surface area contributed by atoms with Crippen molar-refractivity contribution in [1.82, 2.24) is 10.4 Å². The van der Waals surface area contributed by atoms with Gasteiger partial charge in [-0.15, -0.1) is 0 Å². The molecule has 0 saturated heterocycles. The fraction of sp³-hybridized carbons (Fsp3) is 0.125. The maximum atomic E-state index is 12.3. The Labute approximate surface area is 146 Å². The molecule has 0 saturated carbocycles. The first kappa shape index (κ1) is 16.7. The van der Waals surface area contributed by atoms with E-state index in [2.05, 4.69) is 15.5 Å². The van der Waals surface area contributed by atoms with E-state index in [4.69, 9.17) is 25.2 Å². The second-order valence-electron chi connectivity index (χ2n) is 4.78. The molecule has 3 aromatic rings. The second kappa shape index (κ2) is 7.18. The number of benzene rings is 1. The van der Waals surface area contributed by atoms with E-state index < -0.39 is 5.91 Å². The van der Waals surface area contributed by atoms with Crippen LogP contribution in [0.1, 0.15) is 23.2 Å². The van der Waals surface area contributed by atoms with Crippen LogP contribution in [0.25, 0.3) is 11.0 Å². The van der Waals surface area contributed by atoms with Crippen LogP contribution in [0.5, 0.6) is 5.95 Å². The average Bonchev–Trinajstić information content (AvgIpc) is 3.06. The van der Waals surface area contributed by atoms with Gasteiger partial charge in [-0.25, -0.2) is 10.4 Å². The van der Waals surface area contributed by atoms with Crippen LogP contribution in [0.3, 0.4) is 0 Å². The molecule has 1 N–H and O–H groups in total. The molecule has 0 aliphatic carbocycles. The molecule has 0 atom stereocenters. The number of hydrogen-bond acceptors (Lipinski definition) is 7. The highest BCUT2D eigenvalue weighted by Crippen LogP contribution is 2.16. The molecule has 0 unspecified atom stereocenters. The van der Waals surface area contributed by atoms with Gasteiger partial charge in [0.05, 0.1) is 23.8 Å². The molecule has 128 valence electrons. The molecular weight excluding hydrogens is 350 g/mol. The molecule has 1 aromatic carbocycles. The van der Waals surface area contributed by atoms with Gasteiger partial charge < -0.3 is 13.6 Å². The number of rotatable bonds is 5. The zero-order valence-corrected chi connectivity index (χ0v) is 13.7. The number of ether oxygens (including phenoxy) is 1. The van der Waals surface area contributed by atoms with Gasteiger partial charge in [0.25, 0.3) is 5.89 Å². The molecule has 0 fully saturated rings. The predicted octanol–water partition coefficient (Wildman–Crippen LogP) is 2.60. The van der Waals surface area contributed by atoms with Gasteiger partial charge in [0, 0.05) is 5.02 Å². The number of nitrogens with zero attached hydrogens (tertiary/aromatic N) is 2. The number of carbonyl (C=O) groups excluding carboxylic acids is 1. The molecular formula is C16H12ClN3O5. The number of hydrogen-bond donors (Lipinski definition) is 1. The molecule has 0 aliphatic heterocycles. The van der Waals surface area contributed by atoms with E-state index in [9.17, 15) is 9.59 Å². The van der Waals surface area contributed by atoms with Crippen molar-refractivity contribution in [3.05, 3.63) is 57.4 Å². The number of amides is 1. The number of halogens is 1. The molecule has 0 spiro atoms. The summed E-state index contributed by atoms with van der Waals surface area (Å²) in [4.78, 5) is 27.9. The maximum Gasteiger partial charge on any atom is 0.327 e. The third kappa shape index (κ3) is 3.69. The summed E-state index contributed by atoms with van der Waals surface area (Å²) in [5, 5.41) is 4.43. The molecule has 25 heavy (non-hydrogen) atoms. The third-order valence-electron chi connectivity index (χ3n) is 3.10. The number of fused-ring (bicyclic) bond motifs is 1. The van der Waals surface area contributed by atoms with Crippen LogP contribution >= 0.6 is 11.6 Å². The molecule has 0 aliphatic rings. The maximum absolute atomic E-state index is 12.3. The van der Waals surface area contributed by atoms with Crippen molar-refractivity contribution in [3.63, 3.8) is 0 Å². The number of carbonyl (C=O) groups is 1. The highest BCUT2D eigenvalue weighted by Gasteiger charge is 2.13. The van der Waals surface area contributed by atoms with Gasteiger partial charge in [-0.1, -0.05) is 11.6 Å². The van der Waals surface area contributed by atoms with Crippen LogP contribution in [0.4, 0.5) is 0 Å². The van der Waals surface area contributed by atoms with Gasteiger partial charge >= 0.3 is 11.9 Å². The number of nitrogens with one attached hydrogen (secondary N) is 1. The molecule has 2 aromatic heterocycles. The fourth-order valence-corrected chi connectivity index (χ4v) is 2.16. The largest absolute Gasteiger partial charge is 0.464 e. The van der Waals surface area contributed by atoms with E-state index >= 15 is 0 Å². The Kier molecular flexibility index (Phi) is 4.80. The van der Waals surface area contributed by atoms with Crippen molar-refractivity contribution >= 4 is 34.7 Å². The van der Waals surface area contributed by atoms with Crippen molar-refractivity contribution in [3.8, 4) is 5.95 Å². The lowest BCUT2D eigenvalue weighted by Crippen LogP contribution is -2.18. The summed E-state index contributed by atoms with van der Waals surface area (Å²) in [5.41, 5.74) is 2.43. The minimum atomic E-state index is -0.685. The lowest BCUT2D eigenvalue weighted by Gasteiger charge is -1.99. The van der Waals surface area contributed by atoms with Gasteiger partial charge in [-0.05, 0) is 25.1 Å². The van der Waals surface area contributed by atoms with Gasteiger partial charge in [-0.2, -0.15) is 5.10 Å². The van der Waals surface area contributed by atoms with E-state index in [0.717, 1.165) is 6.21 Å². The zero-order valence-electron chi connectivity index (χ0n) is 13.0. The SMILES string of the molecule is CCOc1cnc(C(=O)N/N=C\c2coc3ccc(Cl)cc3c2=O)o1. The van der Waals surface area contributed by atoms with Crippen molar-refractivity contribution in [2.75, 3.05) is 6.61 Å². The standard InChI is InChI=1S/C16H12ClN3O5/c1-2-23-13-7-18-16(25-13)15(22)20-19-6-9-8-24-12-4-3-10(17)5-11(12)14(9)21/h3-8H,2H2,1H3,(H,20,22)/b19-6-. The van der Waals surface area contributed by atoms with Gasteiger partial charge in [0.1, 0.15) is 18.0 Å². The molecule has 9 heteroatoms. The Morgan fingerprint density at radius 3 is 3.12 bits per heavy atom. The normalized spacial score (nSPS) is 11.1. The summed E-state index contributed by atoms with van der Waals surface area (Å²) in [6.07, 6.45) is 3.69. The van der Waals surface area contributed by atoms with Crippen molar-refractivity contribution in [1.29, 1.82) is 0 Å². The van der Waals surface area contributed by atoms with Crippen LogP contribution in [0, 0.1) is 0 Å². The molecule has 1 amide bonds. The summed E-state index contributed by atoms with van der Waals surface area (Å²) in [7, 11) is 0. The second-order valence-corrected chi connectivity index (χ2v) is 5.21. The summed E-state index contributed by atoms with van der Waals surface area (Å²) >= 11 is 5.88. The average molecular weight is 362 g/mol. The fourth-order valence-electron chi connectivity index (χ4n) is 1.99. The topological polar surface area (TPSA) is 107 Å². The van der Waals surface area contributed by atoms with E-state index in [1.54, 1.807) is 19.1 Å².